The summed E-state index contributed by atoms with van der Waals surface area (Å²) in [6.45, 7) is 2.24. The molecule has 18 heavy (non-hydrogen) atoms. The highest BCUT2D eigenvalue weighted by Gasteiger charge is 2.15. The normalized spacial score (nSPS) is 12.4. The summed E-state index contributed by atoms with van der Waals surface area (Å²) < 4.78 is 0. The lowest BCUT2D eigenvalue weighted by Crippen LogP contribution is -2.31. The van der Waals surface area contributed by atoms with Crippen LogP contribution in [-0.2, 0) is 11.8 Å². The molecule has 0 radical (unpaired) electrons. The number of nitrogens with zero attached hydrogens (tertiary/aromatic N) is 2. The molecule has 2 aromatic rings. The van der Waals surface area contributed by atoms with Crippen LogP contribution < -0.4 is 4.90 Å². The lowest BCUT2D eigenvalue weighted by atomic mass is 10.1. The number of pyridine rings is 1. The minimum absolute atomic E-state index is 0.441. The van der Waals surface area contributed by atoms with Crippen LogP contribution in [0.1, 0.15) is 17.4 Å². The Kier molecular flexibility index (Phi) is 4.78. The van der Waals surface area contributed by atoms with Crippen molar-refractivity contribution in [2.75, 3.05) is 11.9 Å². The van der Waals surface area contributed by atoms with Crippen molar-refractivity contribution in [3.05, 3.63) is 46.3 Å². The van der Waals surface area contributed by atoms with E-state index in [0.717, 1.165) is 17.6 Å². The third-order valence-corrected chi connectivity index (χ3v) is 4.59. The van der Waals surface area contributed by atoms with Gasteiger partial charge in [0.15, 0.2) is 0 Å². The number of thiophene rings is 1. The fraction of sp³-hybridized carbons (Fsp3) is 0.357. The van der Waals surface area contributed by atoms with Gasteiger partial charge in [0.05, 0.1) is 0 Å². The van der Waals surface area contributed by atoms with Gasteiger partial charge < -0.3 is 4.90 Å². The first-order chi connectivity index (χ1) is 8.72. The van der Waals surface area contributed by atoms with E-state index in [4.69, 9.17) is 0 Å². The number of halogens is 1. The van der Waals surface area contributed by atoms with E-state index in [9.17, 15) is 0 Å². The van der Waals surface area contributed by atoms with Gasteiger partial charge >= 0.3 is 0 Å². The van der Waals surface area contributed by atoms with Crippen LogP contribution in [0.4, 0.5) is 5.82 Å². The van der Waals surface area contributed by atoms with Crippen LogP contribution in [0.3, 0.4) is 0 Å². The van der Waals surface area contributed by atoms with E-state index in [2.05, 4.69) is 63.4 Å². The molecule has 0 aliphatic carbocycles. The maximum Gasteiger partial charge on any atom is 0.132 e. The van der Waals surface area contributed by atoms with Gasteiger partial charge in [-0.3, -0.25) is 0 Å². The third-order valence-electron chi connectivity index (χ3n) is 3.08. The van der Waals surface area contributed by atoms with Crippen molar-refractivity contribution >= 4 is 33.1 Å². The van der Waals surface area contributed by atoms with Crippen molar-refractivity contribution in [2.45, 2.75) is 24.7 Å². The van der Waals surface area contributed by atoms with E-state index in [-0.39, 0.29) is 0 Å². The minimum atomic E-state index is 0.441. The topological polar surface area (TPSA) is 16.1 Å². The van der Waals surface area contributed by atoms with Gasteiger partial charge in [-0.1, -0.05) is 28.1 Å². The number of rotatable bonds is 5. The Labute approximate surface area is 121 Å². The zero-order chi connectivity index (χ0) is 13.0. The number of hydrogen-bond acceptors (Lipinski definition) is 3. The van der Waals surface area contributed by atoms with E-state index in [1.165, 1.54) is 10.4 Å². The predicted molar refractivity (Wildman–Crippen MR) is 82.8 cm³/mol. The molecule has 0 fully saturated rings. The summed E-state index contributed by atoms with van der Waals surface area (Å²) in [5.41, 5.74) is 1.23. The van der Waals surface area contributed by atoms with Crippen molar-refractivity contribution < 1.29 is 0 Å². The van der Waals surface area contributed by atoms with Gasteiger partial charge in [0.1, 0.15) is 5.82 Å². The first-order valence-electron chi connectivity index (χ1n) is 5.97. The molecule has 0 spiro atoms. The smallest absolute Gasteiger partial charge is 0.132 e. The molecule has 96 valence electrons. The van der Waals surface area contributed by atoms with Crippen LogP contribution in [0, 0.1) is 0 Å². The summed E-state index contributed by atoms with van der Waals surface area (Å²) >= 11 is 5.34. The SMILES string of the molecule is CC(Cc1cccs1)N(C)c1ncccc1CBr. The Balaban J connectivity index is 2.12. The fourth-order valence-corrected chi connectivity index (χ4v) is 3.18. The number of likely N-dealkylation sites (N-methyl/N-ethyl adjacent to an activating group) is 1. The standard InChI is InChI=1S/C14H17BrN2S/c1-11(9-13-6-4-8-18-13)17(2)14-12(10-15)5-3-7-16-14/h3-8,11H,9-10H2,1-2H3. The number of hydrogen-bond donors (Lipinski definition) is 0. The number of aromatic nitrogens is 1. The molecule has 2 rings (SSSR count). The summed E-state index contributed by atoms with van der Waals surface area (Å²) in [6, 6.07) is 8.84. The van der Waals surface area contributed by atoms with Crippen molar-refractivity contribution in [2.24, 2.45) is 0 Å². The van der Waals surface area contributed by atoms with E-state index >= 15 is 0 Å². The Morgan fingerprint density at radius 3 is 2.89 bits per heavy atom. The molecule has 0 amide bonds. The van der Waals surface area contributed by atoms with E-state index in [1.54, 1.807) is 0 Å². The zero-order valence-corrected chi connectivity index (χ0v) is 13.0. The van der Waals surface area contributed by atoms with Crippen molar-refractivity contribution in [3.8, 4) is 0 Å². The van der Waals surface area contributed by atoms with Crippen LogP contribution in [-0.4, -0.2) is 18.1 Å². The van der Waals surface area contributed by atoms with Gasteiger partial charge in [0.2, 0.25) is 0 Å². The number of anilines is 1. The summed E-state index contributed by atoms with van der Waals surface area (Å²) in [7, 11) is 2.12. The average molecular weight is 325 g/mol. The van der Waals surface area contributed by atoms with Gasteiger partial charge in [0.25, 0.3) is 0 Å². The molecular weight excluding hydrogens is 308 g/mol. The molecule has 1 unspecified atom stereocenters. The second kappa shape index (κ2) is 6.34. The third kappa shape index (κ3) is 3.12. The molecular formula is C14H17BrN2S. The van der Waals surface area contributed by atoms with Crippen molar-refractivity contribution in [3.63, 3.8) is 0 Å². The molecule has 0 saturated heterocycles. The summed E-state index contributed by atoms with van der Waals surface area (Å²) in [6.07, 6.45) is 2.92. The molecule has 0 aliphatic heterocycles. The Hall–Kier alpha value is -0.870. The lowest BCUT2D eigenvalue weighted by Gasteiger charge is -2.27. The maximum absolute atomic E-state index is 4.50. The van der Waals surface area contributed by atoms with Gasteiger partial charge in [0, 0.05) is 41.5 Å². The zero-order valence-electron chi connectivity index (χ0n) is 10.6. The first kappa shape index (κ1) is 13.6. The molecule has 4 heteroatoms. The lowest BCUT2D eigenvalue weighted by molar-refractivity contribution is 0.678. The Bertz CT molecular complexity index is 484. The van der Waals surface area contributed by atoms with Gasteiger partial charge in [-0.2, -0.15) is 0 Å². The molecule has 0 bridgehead atoms. The average Bonchev–Trinajstić information content (AvgIpc) is 2.90. The largest absolute Gasteiger partial charge is 0.356 e. The van der Waals surface area contributed by atoms with Gasteiger partial charge in [-0.15, -0.1) is 11.3 Å². The van der Waals surface area contributed by atoms with Crippen molar-refractivity contribution in [1.29, 1.82) is 0 Å². The highest BCUT2D eigenvalue weighted by molar-refractivity contribution is 9.08. The molecule has 0 aromatic carbocycles. The second-order valence-corrected chi connectivity index (χ2v) is 5.96. The van der Waals surface area contributed by atoms with Crippen LogP contribution in [0.25, 0.3) is 0 Å². The van der Waals surface area contributed by atoms with Crippen LogP contribution >= 0.6 is 27.3 Å². The fourth-order valence-electron chi connectivity index (χ4n) is 1.92. The predicted octanol–water partition coefficient (Wildman–Crippen LogP) is 4.11. The van der Waals surface area contributed by atoms with Crippen molar-refractivity contribution in [1.82, 2.24) is 4.98 Å². The van der Waals surface area contributed by atoms with Crippen LogP contribution in [0.2, 0.25) is 0 Å². The van der Waals surface area contributed by atoms with E-state index in [1.807, 2.05) is 23.6 Å². The van der Waals surface area contributed by atoms with Crippen LogP contribution in [0.5, 0.6) is 0 Å². The summed E-state index contributed by atoms with van der Waals surface area (Å²) in [4.78, 5) is 8.18. The minimum Gasteiger partial charge on any atom is -0.356 e. The monoisotopic (exact) mass is 324 g/mol. The van der Waals surface area contributed by atoms with Crippen LogP contribution in [0.15, 0.2) is 35.8 Å². The molecule has 2 nitrogen and oxygen atoms in total. The quantitative estimate of drug-likeness (QED) is 0.769. The molecule has 0 saturated carbocycles. The first-order valence-corrected chi connectivity index (χ1v) is 7.97. The van der Waals surface area contributed by atoms with E-state index < -0.39 is 0 Å². The second-order valence-electron chi connectivity index (χ2n) is 4.36. The highest BCUT2D eigenvalue weighted by atomic mass is 79.9. The highest BCUT2D eigenvalue weighted by Crippen LogP contribution is 2.22. The van der Waals surface area contributed by atoms with Gasteiger partial charge in [-0.05, 0) is 24.4 Å². The Morgan fingerprint density at radius 1 is 1.39 bits per heavy atom. The maximum atomic E-state index is 4.50. The Morgan fingerprint density at radius 2 is 2.22 bits per heavy atom. The molecule has 1 atom stereocenters. The van der Waals surface area contributed by atoms with E-state index in [0.29, 0.717) is 6.04 Å². The molecule has 2 aromatic heterocycles. The molecule has 0 N–H and O–H groups in total. The number of alkyl halides is 1. The van der Waals surface area contributed by atoms with Gasteiger partial charge in [-0.25, -0.2) is 4.98 Å². The molecule has 0 aliphatic rings. The summed E-state index contributed by atoms with van der Waals surface area (Å²) in [5.74, 6) is 1.07. The molecule has 2 heterocycles. The summed E-state index contributed by atoms with van der Waals surface area (Å²) in [5, 5.41) is 2.97.